The molecule has 1 saturated heterocycles. The molecule has 1 heterocycles. The second-order valence-corrected chi connectivity index (χ2v) is 7.39. The van der Waals surface area contributed by atoms with Gasteiger partial charge in [-0.1, -0.05) is 12.1 Å². The zero-order valence-electron chi connectivity index (χ0n) is 17.1. The minimum Gasteiger partial charge on any atom is -0.396 e. The number of ether oxygens (including phenoxy) is 1. The third kappa shape index (κ3) is 7.46. The summed E-state index contributed by atoms with van der Waals surface area (Å²) in [5.74, 6) is 0.497. The van der Waals surface area contributed by atoms with E-state index in [4.69, 9.17) is 9.73 Å². The minimum atomic E-state index is -0.230. The standard InChI is InChI=1S/C20H33FN4O2.HI/c1-4-22-19(24-14-20(8-10-26)9-11-27-15-20)23-13-18(25(2)3)16-6-5-7-17(21)12-16;/h5-7,12,18,26H,4,8-11,13-15H2,1-3H3,(H2,22,23,24);1H. The molecule has 1 fully saturated rings. The summed E-state index contributed by atoms with van der Waals surface area (Å²) >= 11 is 0. The van der Waals surface area contributed by atoms with Crippen molar-refractivity contribution < 1.29 is 14.2 Å². The van der Waals surface area contributed by atoms with E-state index in [1.807, 2.05) is 27.1 Å². The number of guanidine groups is 1. The van der Waals surface area contributed by atoms with Crippen LogP contribution in [0.5, 0.6) is 0 Å². The molecule has 2 rings (SSSR count). The number of aliphatic hydroxyl groups excluding tert-OH is 1. The third-order valence-electron chi connectivity index (χ3n) is 5.06. The normalized spacial score (nSPS) is 20.7. The minimum absolute atomic E-state index is 0. The van der Waals surface area contributed by atoms with E-state index in [2.05, 4.69) is 15.5 Å². The van der Waals surface area contributed by atoms with Crippen molar-refractivity contribution in [3.63, 3.8) is 0 Å². The van der Waals surface area contributed by atoms with Crippen LogP contribution in [0.3, 0.4) is 0 Å². The van der Waals surface area contributed by atoms with Gasteiger partial charge >= 0.3 is 0 Å². The quantitative estimate of drug-likeness (QED) is 0.272. The fraction of sp³-hybridized carbons (Fsp3) is 0.650. The van der Waals surface area contributed by atoms with Gasteiger partial charge in [0.15, 0.2) is 5.96 Å². The van der Waals surface area contributed by atoms with Crippen molar-refractivity contribution in [2.24, 2.45) is 10.4 Å². The topological polar surface area (TPSA) is 69.1 Å². The molecule has 8 heteroatoms. The number of likely N-dealkylation sites (N-methyl/N-ethyl adjacent to an activating group) is 1. The lowest BCUT2D eigenvalue weighted by molar-refractivity contribution is 0.131. The van der Waals surface area contributed by atoms with Crippen molar-refractivity contribution in [3.8, 4) is 0 Å². The molecule has 1 aliphatic heterocycles. The number of nitrogens with one attached hydrogen (secondary N) is 2. The van der Waals surface area contributed by atoms with Gasteiger partial charge in [0.2, 0.25) is 0 Å². The first-order chi connectivity index (χ1) is 13.0. The SMILES string of the molecule is CCNC(=NCC1(CCO)CCOC1)NCC(c1cccc(F)c1)N(C)C.I. The lowest BCUT2D eigenvalue weighted by Gasteiger charge is -2.27. The maximum Gasteiger partial charge on any atom is 0.191 e. The molecule has 0 spiro atoms. The van der Waals surface area contributed by atoms with Crippen LogP contribution in [0, 0.1) is 11.2 Å². The number of aliphatic imine (C=N–C) groups is 1. The number of aliphatic hydroxyl groups is 1. The van der Waals surface area contributed by atoms with Crippen LogP contribution < -0.4 is 10.6 Å². The van der Waals surface area contributed by atoms with E-state index >= 15 is 0 Å². The van der Waals surface area contributed by atoms with Gasteiger partial charge in [-0.15, -0.1) is 24.0 Å². The molecule has 0 aliphatic carbocycles. The van der Waals surface area contributed by atoms with E-state index in [-0.39, 0.29) is 47.9 Å². The van der Waals surface area contributed by atoms with Gasteiger partial charge in [0.05, 0.1) is 19.2 Å². The van der Waals surface area contributed by atoms with E-state index in [0.717, 1.165) is 31.1 Å². The molecule has 28 heavy (non-hydrogen) atoms. The third-order valence-corrected chi connectivity index (χ3v) is 5.06. The molecule has 0 radical (unpaired) electrons. The first-order valence-electron chi connectivity index (χ1n) is 9.62. The highest BCUT2D eigenvalue weighted by atomic mass is 127. The average Bonchev–Trinajstić information content (AvgIpc) is 3.09. The monoisotopic (exact) mass is 508 g/mol. The molecule has 0 aromatic heterocycles. The molecule has 1 aromatic rings. The Balaban J connectivity index is 0.00000392. The van der Waals surface area contributed by atoms with Crippen molar-refractivity contribution in [2.45, 2.75) is 25.8 Å². The zero-order valence-corrected chi connectivity index (χ0v) is 19.4. The fourth-order valence-corrected chi connectivity index (χ4v) is 3.38. The predicted octanol–water partition coefficient (Wildman–Crippen LogP) is 2.39. The Kier molecular flexibility index (Phi) is 11.2. The molecule has 3 N–H and O–H groups in total. The van der Waals surface area contributed by atoms with Crippen LogP contribution in [0.2, 0.25) is 0 Å². The number of rotatable bonds is 9. The number of hydrogen-bond acceptors (Lipinski definition) is 4. The highest BCUT2D eigenvalue weighted by Gasteiger charge is 2.34. The van der Waals surface area contributed by atoms with Crippen molar-refractivity contribution in [1.29, 1.82) is 0 Å². The number of hydrogen-bond donors (Lipinski definition) is 3. The second-order valence-electron chi connectivity index (χ2n) is 7.39. The van der Waals surface area contributed by atoms with Crippen LogP contribution in [0.4, 0.5) is 4.39 Å². The van der Waals surface area contributed by atoms with Crippen LogP contribution >= 0.6 is 24.0 Å². The van der Waals surface area contributed by atoms with Crippen LogP contribution in [0.1, 0.15) is 31.4 Å². The van der Waals surface area contributed by atoms with Crippen molar-refractivity contribution in [1.82, 2.24) is 15.5 Å². The van der Waals surface area contributed by atoms with Crippen LogP contribution in [-0.4, -0.2) is 69.5 Å². The number of halogens is 2. The van der Waals surface area contributed by atoms with Gasteiger partial charge in [-0.2, -0.15) is 0 Å². The van der Waals surface area contributed by atoms with Gasteiger partial charge in [0.25, 0.3) is 0 Å². The first kappa shape index (κ1) is 25.1. The Morgan fingerprint density at radius 2 is 2.18 bits per heavy atom. The van der Waals surface area contributed by atoms with E-state index in [9.17, 15) is 9.50 Å². The first-order valence-corrected chi connectivity index (χ1v) is 9.62. The molecular formula is C20H34FIN4O2. The summed E-state index contributed by atoms with van der Waals surface area (Å²) in [7, 11) is 3.96. The largest absolute Gasteiger partial charge is 0.396 e. The zero-order chi connectivity index (χ0) is 19.7. The Hall–Kier alpha value is -0.970. The summed E-state index contributed by atoms with van der Waals surface area (Å²) in [6.45, 7) is 5.49. The molecular weight excluding hydrogens is 474 g/mol. The highest BCUT2D eigenvalue weighted by Crippen LogP contribution is 2.32. The molecule has 0 saturated carbocycles. The average molecular weight is 508 g/mol. The number of nitrogens with zero attached hydrogens (tertiary/aromatic N) is 2. The van der Waals surface area contributed by atoms with Crippen molar-refractivity contribution in [3.05, 3.63) is 35.6 Å². The maximum absolute atomic E-state index is 13.6. The Morgan fingerprint density at radius 1 is 1.39 bits per heavy atom. The molecule has 1 aliphatic rings. The Bertz CT molecular complexity index is 610. The van der Waals surface area contributed by atoms with Gasteiger partial charge in [0, 0.05) is 31.7 Å². The summed E-state index contributed by atoms with van der Waals surface area (Å²) in [5, 5.41) is 16.0. The molecule has 6 nitrogen and oxygen atoms in total. The summed E-state index contributed by atoms with van der Waals surface area (Å²) in [5.41, 5.74) is 0.838. The molecule has 2 unspecified atom stereocenters. The van der Waals surface area contributed by atoms with Crippen LogP contribution in [-0.2, 0) is 4.74 Å². The molecule has 160 valence electrons. The smallest absolute Gasteiger partial charge is 0.191 e. The van der Waals surface area contributed by atoms with Crippen LogP contribution in [0.15, 0.2) is 29.3 Å². The Labute approximate surface area is 185 Å². The summed E-state index contributed by atoms with van der Waals surface area (Å²) < 4.78 is 19.2. The van der Waals surface area contributed by atoms with Gasteiger partial charge < -0.3 is 25.4 Å². The van der Waals surface area contributed by atoms with Crippen LogP contribution in [0.25, 0.3) is 0 Å². The van der Waals surface area contributed by atoms with E-state index in [0.29, 0.717) is 26.1 Å². The molecule has 0 amide bonds. The number of benzene rings is 1. The summed E-state index contributed by atoms with van der Waals surface area (Å²) in [4.78, 5) is 6.80. The lowest BCUT2D eigenvalue weighted by Crippen LogP contribution is -2.42. The predicted molar refractivity (Wildman–Crippen MR) is 122 cm³/mol. The van der Waals surface area contributed by atoms with Gasteiger partial charge in [-0.05, 0) is 51.6 Å². The molecule has 0 bridgehead atoms. The van der Waals surface area contributed by atoms with E-state index < -0.39 is 0 Å². The lowest BCUT2D eigenvalue weighted by atomic mass is 9.84. The van der Waals surface area contributed by atoms with Crippen molar-refractivity contribution in [2.75, 3.05) is 53.6 Å². The second kappa shape index (κ2) is 12.6. The highest BCUT2D eigenvalue weighted by molar-refractivity contribution is 14.0. The van der Waals surface area contributed by atoms with Gasteiger partial charge in [0.1, 0.15) is 5.82 Å². The molecule has 2 atom stereocenters. The maximum atomic E-state index is 13.6. The van der Waals surface area contributed by atoms with E-state index in [1.165, 1.54) is 6.07 Å². The Morgan fingerprint density at radius 3 is 2.75 bits per heavy atom. The molecule has 1 aromatic carbocycles. The fourth-order valence-electron chi connectivity index (χ4n) is 3.38. The van der Waals surface area contributed by atoms with Gasteiger partial charge in [-0.3, -0.25) is 4.99 Å². The van der Waals surface area contributed by atoms with Crippen molar-refractivity contribution >= 4 is 29.9 Å². The summed E-state index contributed by atoms with van der Waals surface area (Å²) in [6.07, 6.45) is 1.61. The van der Waals surface area contributed by atoms with Gasteiger partial charge in [-0.25, -0.2) is 4.39 Å². The van der Waals surface area contributed by atoms with E-state index in [1.54, 1.807) is 12.1 Å². The summed E-state index contributed by atoms with van der Waals surface area (Å²) in [6, 6.07) is 6.72.